The second kappa shape index (κ2) is 39.4. The molecule has 0 saturated carbocycles. The van der Waals surface area contributed by atoms with Crippen molar-refractivity contribution in [3.8, 4) is 0 Å². The van der Waals surface area contributed by atoms with E-state index in [-0.39, 0.29) is 17.7 Å². The Labute approximate surface area is 309 Å². The molecule has 3 N–H and O–H groups in total. The number of hydrogen-bond donors (Lipinski definition) is 2. The lowest BCUT2D eigenvalue weighted by Crippen LogP contribution is -2.30. The van der Waals surface area contributed by atoms with E-state index in [1.165, 1.54) is 186 Å². The maximum Gasteiger partial charge on any atom is 0.257 e. The molecular formula is C45H80N2O3. The summed E-state index contributed by atoms with van der Waals surface area (Å²) >= 11 is 0. The molecule has 0 bridgehead atoms. The summed E-state index contributed by atoms with van der Waals surface area (Å²) in [5, 5.41) is 2.47. The maximum atomic E-state index is 11.9. The minimum Gasteiger partial charge on any atom is -0.366 e. The summed E-state index contributed by atoms with van der Waals surface area (Å²) in [5.41, 5.74) is 5.57. The fourth-order valence-electron chi connectivity index (χ4n) is 6.34. The molecule has 3 amide bonds. The lowest BCUT2D eigenvalue weighted by molar-refractivity contribution is -0.120. The zero-order valence-corrected chi connectivity index (χ0v) is 33.0. The van der Waals surface area contributed by atoms with E-state index in [1.54, 1.807) is 24.3 Å². The number of unbranched alkanes of at least 4 members (excludes halogenated alkanes) is 29. The van der Waals surface area contributed by atoms with Crippen LogP contribution in [0.1, 0.15) is 230 Å². The Kier molecular flexibility index (Phi) is 37.4. The quantitative estimate of drug-likeness (QED) is 0.0555. The van der Waals surface area contributed by atoms with E-state index in [0.717, 1.165) is 19.3 Å². The number of carbonyl (C=O) groups excluding carboxylic acids is 3. The number of nitrogens with two attached hydrogens (primary N) is 1. The third kappa shape index (κ3) is 36.8. The first kappa shape index (κ1) is 47.6. The summed E-state index contributed by atoms with van der Waals surface area (Å²) in [6, 6.07) is 8.89. The molecule has 0 aliphatic heterocycles. The zero-order valence-electron chi connectivity index (χ0n) is 33.0. The molecule has 0 aliphatic rings. The SMILES string of the molecule is CCCCCCCCCCCCCCCCC/C=C/C(N)=O.CCCCCCCCCCCCCCCCCC(=O)NC(=O)c1ccccc1. The molecule has 0 aliphatic carbocycles. The van der Waals surface area contributed by atoms with Crippen LogP contribution in [-0.2, 0) is 9.59 Å². The van der Waals surface area contributed by atoms with Crippen molar-refractivity contribution in [3.05, 3.63) is 48.0 Å². The Morgan fingerprint density at radius 1 is 0.500 bits per heavy atom. The van der Waals surface area contributed by atoms with Crippen LogP contribution in [0.2, 0.25) is 0 Å². The number of nitrogens with one attached hydrogen (secondary N) is 1. The van der Waals surface area contributed by atoms with E-state index in [9.17, 15) is 14.4 Å². The fraction of sp³-hybridized carbons (Fsp3) is 0.756. The van der Waals surface area contributed by atoms with Gasteiger partial charge in [-0.05, 0) is 37.5 Å². The van der Waals surface area contributed by atoms with Crippen LogP contribution >= 0.6 is 0 Å². The average Bonchev–Trinajstić information content (AvgIpc) is 3.11. The molecule has 0 saturated heterocycles. The van der Waals surface area contributed by atoms with Gasteiger partial charge in [0.1, 0.15) is 0 Å². The smallest absolute Gasteiger partial charge is 0.257 e. The van der Waals surface area contributed by atoms with Gasteiger partial charge in [0.2, 0.25) is 11.8 Å². The molecule has 0 fully saturated rings. The lowest BCUT2D eigenvalue weighted by Gasteiger charge is -2.05. The summed E-state index contributed by atoms with van der Waals surface area (Å²) in [7, 11) is 0. The van der Waals surface area contributed by atoms with Gasteiger partial charge in [0, 0.05) is 12.0 Å². The van der Waals surface area contributed by atoms with E-state index < -0.39 is 0 Å². The van der Waals surface area contributed by atoms with E-state index >= 15 is 0 Å². The number of rotatable bonds is 34. The predicted molar refractivity (Wildman–Crippen MR) is 216 cm³/mol. The van der Waals surface area contributed by atoms with Crippen LogP contribution in [0.3, 0.4) is 0 Å². The van der Waals surface area contributed by atoms with E-state index in [2.05, 4.69) is 19.2 Å². The molecule has 5 nitrogen and oxygen atoms in total. The molecule has 0 unspecified atom stereocenters. The van der Waals surface area contributed by atoms with Gasteiger partial charge in [0.15, 0.2) is 0 Å². The van der Waals surface area contributed by atoms with Crippen LogP contribution in [0, 0.1) is 0 Å². The second-order valence-corrected chi connectivity index (χ2v) is 14.5. The lowest BCUT2D eigenvalue weighted by atomic mass is 10.0. The number of primary amides is 1. The van der Waals surface area contributed by atoms with E-state index in [4.69, 9.17) is 5.73 Å². The van der Waals surface area contributed by atoms with E-state index in [1.807, 2.05) is 12.1 Å². The Balaban J connectivity index is 0.000000991. The summed E-state index contributed by atoms with van der Waals surface area (Å²) < 4.78 is 0. The topological polar surface area (TPSA) is 89.3 Å². The third-order valence-electron chi connectivity index (χ3n) is 9.55. The van der Waals surface area contributed by atoms with Gasteiger partial charge in [-0.25, -0.2) is 0 Å². The first-order valence-electron chi connectivity index (χ1n) is 21.4. The number of hydrogen-bond acceptors (Lipinski definition) is 3. The molecule has 1 aromatic rings. The first-order chi connectivity index (χ1) is 24.5. The Bertz CT molecular complexity index is 914. The molecule has 0 atom stereocenters. The fourth-order valence-corrected chi connectivity index (χ4v) is 6.34. The van der Waals surface area contributed by atoms with Crippen molar-refractivity contribution in [2.45, 2.75) is 219 Å². The second-order valence-electron chi connectivity index (χ2n) is 14.5. The molecule has 5 heteroatoms. The van der Waals surface area contributed by atoms with Crippen LogP contribution in [0.25, 0.3) is 0 Å². The molecule has 50 heavy (non-hydrogen) atoms. The Hall–Kier alpha value is -2.43. The van der Waals surface area contributed by atoms with Gasteiger partial charge >= 0.3 is 0 Å². The van der Waals surface area contributed by atoms with E-state index in [0.29, 0.717) is 12.0 Å². The number of amides is 3. The van der Waals surface area contributed by atoms with Crippen LogP contribution in [0.5, 0.6) is 0 Å². The van der Waals surface area contributed by atoms with Gasteiger partial charge < -0.3 is 5.73 Å². The van der Waals surface area contributed by atoms with Crippen LogP contribution in [-0.4, -0.2) is 17.7 Å². The van der Waals surface area contributed by atoms with Crippen LogP contribution in [0.15, 0.2) is 42.5 Å². The number of carbonyl (C=O) groups is 3. The molecule has 0 heterocycles. The zero-order chi connectivity index (χ0) is 36.6. The van der Waals surface area contributed by atoms with Crippen molar-refractivity contribution in [1.29, 1.82) is 0 Å². The summed E-state index contributed by atoms with van der Waals surface area (Å²) in [4.78, 5) is 34.2. The number of imide groups is 1. The highest BCUT2D eigenvalue weighted by Gasteiger charge is 2.09. The number of allylic oxidation sites excluding steroid dienone is 1. The highest BCUT2D eigenvalue weighted by molar-refractivity contribution is 6.04. The van der Waals surface area contributed by atoms with Crippen molar-refractivity contribution in [1.82, 2.24) is 5.32 Å². The Morgan fingerprint density at radius 2 is 0.840 bits per heavy atom. The normalized spacial score (nSPS) is 11.0. The maximum absolute atomic E-state index is 11.9. The van der Waals surface area contributed by atoms with Gasteiger partial charge in [-0.15, -0.1) is 0 Å². The third-order valence-corrected chi connectivity index (χ3v) is 9.55. The molecule has 1 aromatic carbocycles. The van der Waals surface area contributed by atoms with Gasteiger partial charge in [-0.3, -0.25) is 19.7 Å². The molecule has 1 rings (SSSR count). The number of benzene rings is 1. The molecule has 0 aromatic heterocycles. The summed E-state index contributed by atoms with van der Waals surface area (Å²) in [6.07, 6.45) is 45.3. The Morgan fingerprint density at radius 3 is 1.20 bits per heavy atom. The predicted octanol–water partition coefficient (Wildman–Crippen LogP) is 13.5. The van der Waals surface area contributed by atoms with Crippen LogP contribution in [0.4, 0.5) is 0 Å². The molecule has 0 spiro atoms. The van der Waals surface area contributed by atoms with Crippen molar-refractivity contribution in [2.75, 3.05) is 0 Å². The summed E-state index contributed by atoms with van der Waals surface area (Å²) in [6.45, 7) is 4.55. The van der Waals surface area contributed by atoms with Gasteiger partial charge in [-0.1, -0.05) is 218 Å². The van der Waals surface area contributed by atoms with Crippen LogP contribution < -0.4 is 11.1 Å². The van der Waals surface area contributed by atoms with Crippen molar-refractivity contribution < 1.29 is 14.4 Å². The van der Waals surface area contributed by atoms with Crippen molar-refractivity contribution >= 4 is 17.7 Å². The molecule has 0 radical (unpaired) electrons. The minimum absolute atomic E-state index is 0.163. The average molecular weight is 697 g/mol. The van der Waals surface area contributed by atoms with Gasteiger partial charge in [-0.2, -0.15) is 0 Å². The molecular weight excluding hydrogens is 617 g/mol. The minimum atomic E-state index is -0.332. The monoisotopic (exact) mass is 697 g/mol. The summed E-state index contributed by atoms with van der Waals surface area (Å²) in [5.74, 6) is -0.795. The highest BCUT2D eigenvalue weighted by atomic mass is 16.2. The van der Waals surface area contributed by atoms with Crippen molar-refractivity contribution in [2.24, 2.45) is 5.73 Å². The van der Waals surface area contributed by atoms with Gasteiger partial charge in [0.05, 0.1) is 0 Å². The van der Waals surface area contributed by atoms with Gasteiger partial charge in [0.25, 0.3) is 5.91 Å². The molecule has 288 valence electrons. The first-order valence-corrected chi connectivity index (χ1v) is 21.4. The standard InChI is InChI=1S/C25H41NO2.C20H39NO/c1-2-3-4-5-6-7-8-9-10-11-12-13-14-15-19-22-24(27)26-25(28)23-20-17-16-18-21-23;1-2-3-4-5-6-7-8-9-10-11-12-13-14-15-16-17-18-19-20(21)22/h16-18,20-21H,2-15,19,22H2,1H3,(H,26,27,28);18-19H,2-17H2,1H3,(H2,21,22)/b;19-18+. The van der Waals surface area contributed by atoms with Crippen molar-refractivity contribution in [3.63, 3.8) is 0 Å². The highest BCUT2D eigenvalue weighted by Crippen LogP contribution is 2.15. The largest absolute Gasteiger partial charge is 0.366 e.